The number of aliphatic carboxylic acids is 1. The van der Waals surface area contributed by atoms with Gasteiger partial charge < -0.3 is 5.11 Å². The molecule has 1 aliphatic carbocycles. The Kier molecular flexibility index (Phi) is 3.67. The number of pyridine rings is 1. The van der Waals surface area contributed by atoms with Gasteiger partial charge in [0.25, 0.3) is 0 Å². The molecule has 0 unspecified atom stereocenters. The minimum absolute atomic E-state index is 0.389. The molecule has 1 N–H and O–H groups in total. The first-order chi connectivity index (χ1) is 12.1. The molecule has 0 aromatic carbocycles. The van der Waals surface area contributed by atoms with Crippen molar-refractivity contribution in [1.29, 1.82) is 0 Å². The summed E-state index contributed by atoms with van der Waals surface area (Å²) in [7, 11) is 1.90. The van der Waals surface area contributed by atoms with Crippen LogP contribution in [0.2, 0.25) is 0 Å². The highest BCUT2D eigenvalue weighted by atomic mass is 16.4. The van der Waals surface area contributed by atoms with Crippen molar-refractivity contribution in [2.24, 2.45) is 7.05 Å². The summed E-state index contributed by atoms with van der Waals surface area (Å²) in [6, 6.07) is 5.94. The quantitative estimate of drug-likeness (QED) is 0.724. The van der Waals surface area contributed by atoms with Crippen molar-refractivity contribution in [2.45, 2.75) is 32.1 Å². The molecule has 3 aromatic heterocycles. The van der Waals surface area contributed by atoms with Gasteiger partial charge in [0.05, 0.1) is 5.69 Å². The van der Waals surface area contributed by atoms with Crippen LogP contribution in [-0.4, -0.2) is 30.4 Å². The molecule has 25 heavy (non-hydrogen) atoms. The SMILES string of the molecule is CCC(=Cc1c(C2CC2)nn(C)c1-n1ccc2cccnc21)C(=O)O. The van der Waals surface area contributed by atoms with Crippen molar-refractivity contribution < 1.29 is 9.90 Å². The number of fused-ring (bicyclic) bond motifs is 1. The average Bonchev–Trinajstić information content (AvgIpc) is 3.28. The molecule has 0 saturated heterocycles. The molecule has 0 spiro atoms. The summed E-state index contributed by atoms with van der Waals surface area (Å²) in [5.74, 6) is 0.408. The number of aromatic nitrogens is 4. The van der Waals surface area contributed by atoms with E-state index in [4.69, 9.17) is 5.10 Å². The molecule has 3 aromatic rings. The van der Waals surface area contributed by atoms with Gasteiger partial charge in [-0.1, -0.05) is 6.92 Å². The van der Waals surface area contributed by atoms with Gasteiger partial charge in [0.15, 0.2) is 0 Å². The molecular formula is C19H20N4O2. The van der Waals surface area contributed by atoms with Gasteiger partial charge in [-0.25, -0.2) is 9.78 Å². The first kappa shape index (κ1) is 15.6. The van der Waals surface area contributed by atoms with Gasteiger partial charge in [-0.2, -0.15) is 5.10 Å². The number of aryl methyl sites for hydroxylation is 1. The van der Waals surface area contributed by atoms with Gasteiger partial charge in [0, 0.05) is 41.9 Å². The second-order valence-corrected chi connectivity index (χ2v) is 6.45. The lowest BCUT2D eigenvalue weighted by Gasteiger charge is -2.08. The molecule has 1 aliphatic rings. The van der Waals surface area contributed by atoms with E-state index in [1.54, 1.807) is 12.3 Å². The Labute approximate surface area is 145 Å². The molecule has 0 amide bonds. The second-order valence-electron chi connectivity index (χ2n) is 6.45. The molecular weight excluding hydrogens is 316 g/mol. The lowest BCUT2D eigenvalue weighted by atomic mass is 10.1. The summed E-state index contributed by atoms with van der Waals surface area (Å²) in [5.41, 5.74) is 3.12. The van der Waals surface area contributed by atoms with Gasteiger partial charge in [-0.3, -0.25) is 9.25 Å². The maximum atomic E-state index is 11.5. The largest absolute Gasteiger partial charge is 0.478 e. The number of carboxylic acid groups (broad SMARTS) is 1. The molecule has 4 rings (SSSR count). The lowest BCUT2D eigenvalue weighted by Crippen LogP contribution is -2.05. The molecule has 6 nitrogen and oxygen atoms in total. The Balaban J connectivity index is 1.97. The number of nitrogens with zero attached hydrogens (tertiary/aromatic N) is 4. The first-order valence-electron chi connectivity index (χ1n) is 8.53. The van der Waals surface area contributed by atoms with Crippen LogP contribution in [0.4, 0.5) is 0 Å². The predicted octanol–water partition coefficient (Wildman–Crippen LogP) is 3.51. The van der Waals surface area contributed by atoms with Crippen LogP contribution in [0.3, 0.4) is 0 Å². The van der Waals surface area contributed by atoms with Crippen LogP contribution in [-0.2, 0) is 11.8 Å². The summed E-state index contributed by atoms with van der Waals surface area (Å²) in [6.45, 7) is 1.86. The first-order valence-corrected chi connectivity index (χ1v) is 8.53. The maximum Gasteiger partial charge on any atom is 0.331 e. The van der Waals surface area contributed by atoms with E-state index < -0.39 is 5.97 Å². The minimum Gasteiger partial charge on any atom is -0.478 e. The van der Waals surface area contributed by atoms with Gasteiger partial charge in [0.2, 0.25) is 0 Å². The van der Waals surface area contributed by atoms with Crippen LogP contribution in [0.1, 0.15) is 43.4 Å². The number of carbonyl (C=O) groups is 1. The predicted molar refractivity (Wildman–Crippen MR) is 95.7 cm³/mol. The standard InChI is InChI=1S/C19H20N4O2/c1-3-12(19(24)25)11-15-16(13-6-7-13)21-22(2)18(15)23-10-8-14-5-4-9-20-17(14)23/h4-5,8-11,13H,3,6-7H2,1-2H3,(H,24,25). The van der Waals surface area contributed by atoms with E-state index >= 15 is 0 Å². The fourth-order valence-electron chi connectivity index (χ4n) is 3.26. The third-order valence-electron chi connectivity index (χ3n) is 4.70. The normalized spacial score (nSPS) is 15.0. The smallest absolute Gasteiger partial charge is 0.331 e. The summed E-state index contributed by atoms with van der Waals surface area (Å²) < 4.78 is 3.83. The van der Waals surface area contributed by atoms with E-state index in [1.807, 2.05) is 47.6 Å². The van der Waals surface area contributed by atoms with Gasteiger partial charge >= 0.3 is 5.97 Å². The van der Waals surface area contributed by atoms with Gasteiger partial charge in [-0.15, -0.1) is 0 Å². The topological polar surface area (TPSA) is 72.9 Å². The Morgan fingerprint density at radius 2 is 2.20 bits per heavy atom. The Hall–Kier alpha value is -2.89. The van der Waals surface area contributed by atoms with Crippen LogP contribution in [0.15, 0.2) is 36.2 Å². The highest BCUT2D eigenvalue weighted by molar-refractivity contribution is 5.93. The highest BCUT2D eigenvalue weighted by Crippen LogP contribution is 2.43. The van der Waals surface area contributed by atoms with E-state index in [-0.39, 0.29) is 0 Å². The van der Waals surface area contributed by atoms with E-state index in [0.29, 0.717) is 17.9 Å². The van der Waals surface area contributed by atoms with Crippen LogP contribution in [0.25, 0.3) is 22.9 Å². The number of hydrogen-bond donors (Lipinski definition) is 1. The van der Waals surface area contributed by atoms with Gasteiger partial charge in [0.1, 0.15) is 11.5 Å². The lowest BCUT2D eigenvalue weighted by molar-refractivity contribution is -0.132. The summed E-state index contributed by atoms with van der Waals surface area (Å²) >= 11 is 0. The van der Waals surface area contributed by atoms with E-state index in [2.05, 4.69) is 4.98 Å². The van der Waals surface area contributed by atoms with Crippen molar-refractivity contribution in [3.05, 3.63) is 47.4 Å². The zero-order chi connectivity index (χ0) is 17.6. The van der Waals surface area contributed by atoms with Crippen molar-refractivity contribution in [3.63, 3.8) is 0 Å². The van der Waals surface area contributed by atoms with Crippen LogP contribution in [0, 0.1) is 0 Å². The zero-order valence-electron chi connectivity index (χ0n) is 14.3. The monoisotopic (exact) mass is 336 g/mol. The Morgan fingerprint density at radius 1 is 1.40 bits per heavy atom. The maximum absolute atomic E-state index is 11.5. The molecule has 0 aliphatic heterocycles. The summed E-state index contributed by atoms with van der Waals surface area (Å²) in [4.78, 5) is 16.0. The van der Waals surface area contributed by atoms with Crippen molar-refractivity contribution in [3.8, 4) is 5.82 Å². The third kappa shape index (κ3) is 2.63. The van der Waals surface area contributed by atoms with Crippen LogP contribution >= 0.6 is 0 Å². The third-order valence-corrected chi connectivity index (χ3v) is 4.70. The molecule has 1 saturated carbocycles. The Morgan fingerprint density at radius 3 is 2.88 bits per heavy atom. The fourth-order valence-corrected chi connectivity index (χ4v) is 3.26. The molecule has 1 fully saturated rings. The van der Waals surface area contributed by atoms with Crippen LogP contribution < -0.4 is 0 Å². The van der Waals surface area contributed by atoms with Crippen molar-refractivity contribution in [2.75, 3.05) is 0 Å². The molecule has 0 bridgehead atoms. The summed E-state index contributed by atoms with van der Waals surface area (Å²) in [5, 5.41) is 15.2. The molecule has 0 atom stereocenters. The fraction of sp³-hybridized carbons (Fsp3) is 0.316. The summed E-state index contributed by atoms with van der Waals surface area (Å²) in [6.07, 6.45) is 8.20. The Bertz CT molecular complexity index is 992. The van der Waals surface area contributed by atoms with Crippen LogP contribution in [0.5, 0.6) is 0 Å². The van der Waals surface area contributed by atoms with Gasteiger partial charge in [-0.05, 0) is 43.5 Å². The van der Waals surface area contributed by atoms with Crippen molar-refractivity contribution >= 4 is 23.1 Å². The second kappa shape index (κ2) is 5.88. The molecule has 128 valence electrons. The highest BCUT2D eigenvalue weighted by Gasteiger charge is 2.31. The minimum atomic E-state index is -0.880. The van der Waals surface area contributed by atoms with E-state index in [0.717, 1.165) is 41.0 Å². The van der Waals surface area contributed by atoms with E-state index in [9.17, 15) is 9.90 Å². The number of hydrogen-bond acceptors (Lipinski definition) is 3. The zero-order valence-corrected chi connectivity index (χ0v) is 14.3. The molecule has 3 heterocycles. The van der Waals surface area contributed by atoms with Crippen molar-refractivity contribution in [1.82, 2.24) is 19.3 Å². The van der Waals surface area contributed by atoms with E-state index in [1.165, 1.54) is 0 Å². The average molecular weight is 336 g/mol. The number of carboxylic acids is 1. The number of rotatable bonds is 5. The molecule has 0 radical (unpaired) electrons. The molecule has 6 heteroatoms.